The largest absolute Gasteiger partial charge is 0.377 e. The molecule has 1 atom stereocenters. The lowest BCUT2D eigenvalue weighted by Crippen LogP contribution is -2.07. The van der Waals surface area contributed by atoms with Gasteiger partial charge in [-0.25, -0.2) is 4.39 Å². The number of rotatable bonds is 3. The molecule has 0 aliphatic heterocycles. The van der Waals surface area contributed by atoms with Crippen molar-refractivity contribution in [3.63, 3.8) is 0 Å². The predicted octanol–water partition coefficient (Wildman–Crippen LogP) is 3.87. The Balaban J connectivity index is 2.22. The summed E-state index contributed by atoms with van der Waals surface area (Å²) in [6, 6.07) is 16.1. The fourth-order valence-corrected chi connectivity index (χ4v) is 1.79. The van der Waals surface area contributed by atoms with Crippen molar-refractivity contribution in [2.75, 3.05) is 5.32 Å². The van der Waals surface area contributed by atoms with Crippen molar-refractivity contribution < 1.29 is 4.39 Å². The first-order valence-electron chi connectivity index (χ1n) is 5.72. The number of benzene rings is 2. The molecule has 0 aliphatic carbocycles. The van der Waals surface area contributed by atoms with E-state index >= 15 is 0 Å². The maximum Gasteiger partial charge on any atom is 0.124 e. The highest BCUT2D eigenvalue weighted by Gasteiger charge is 2.08. The van der Waals surface area contributed by atoms with Gasteiger partial charge in [-0.15, -0.1) is 0 Å². The van der Waals surface area contributed by atoms with Crippen LogP contribution in [0.1, 0.15) is 24.1 Å². The van der Waals surface area contributed by atoms with Crippen molar-refractivity contribution in [2.24, 2.45) is 0 Å². The SMILES string of the molecule is CC(Nc1ccc(F)cc1C#N)c1ccccc1. The van der Waals surface area contributed by atoms with Crippen LogP contribution >= 0.6 is 0 Å². The molecule has 0 spiro atoms. The van der Waals surface area contributed by atoms with Crippen molar-refractivity contribution in [1.29, 1.82) is 5.26 Å². The molecule has 1 N–H and O–H groups in total. The molecule has 0 aliphatic rings. The van der Waals surface area contributed by atoms with Crippen LogP contribution in [-0.4, -0.2) is 0 Å². The molecule has 0 bridgehead atoms. The molecule has 90 valence electrons. The number of nitrogens with one attached hydrogen (secondary N) is 1. The van der Waals surface area contributed by atoms with E-state index in [4.69, 9.17) is 5.26 Å². The van der Waals surface area contributed by atoms with E-state index in [-0.39, 0.29) is 6.04 Å². The molecule has 0 amide bonds. The zero-order valence-electron chi connectivity index (χ0n) is 10.0. The van der Waals surface area contributed by atoms with Gasteiger partial charge in [-0.05, 0) is 30.7 Å². The summed E-state index contributed by atoms with van der Waals surface area (Å²) in [5, 5.41) is 12.2. The van der Waals surface area contributed by atoms with Gasteiger partial charge in [0.05, 0.1) is 11.3 Å². The Morgan fingerprint density at radius 3 is 2.56 bits per heavy atom. The van der Waals surface area contributed by atoms with Crippen LogP contribution in [0, 0.1) is 17.1 Å². The lowest BCUT2D eigenvalue weighted by molar-refractivity contribution is 0.627. The first-order valence-corrected chi connectivity index (χ1v) is 5.72. The Kier molecular flexibility index (Phi) is 3.59. The molecule has 2 aromatic carbocycles. The second kappa shape index (κ2) is 5.33. The molecule has 2 nitrogen and oxygen atoms in total. The van der Waals surface area contributed by atoms with Gasteiger partial charge < -0.3 is 5.32 Å². The highest BCUT2D eigenvalue weighted by atomic mass is 19.1. The average molecular weight is 240 g/mol. The van der Waals surface area contributed by atoms with Gasteiger partial charge in [0.15, 0.2) is 0 Å². The van der Waals surface area contributed by atoms with Gasteiger partial charge in [0.2, 0.25) is 0 Å². The number of anilines is 1. The molecule has 0 radical (unpaired) electrons. The van der Waals surface area contributed by atoms with Crippen molar-refractivity contribution in [1.82, 2.24) is 0 Å². The summed E-state index contributed by atoms with van der Waals surface area (Å²) in [7, 11) is 0. The highest BCUT2D eigenvalue weighted by Crippen LogP contribution is 2.22. The number of hydrogen-bond donors (Lipinski definition) is 1. The summed E-state index contributed by atoms with van der Waals surface area (Å²) < 4.78 is 13.0. The van der Waals surface area contributed by atoms with Crippen LogP contribution in [0.25, 0.3) is 0 Å². The Morgan fingerprint density at radius 2 is 1.89 bits per heavy atom. The molecule has 0 heterocycles. The molecule has 3 heteroatoms. The van der Waals surface area contributed by atoms with Crippen LogP contribution in [0.5, 0.6) is 0 Å². The van der Waals surface area contributed by atoms with Crippen LogP contribution in [0.4, 0.5) is 10.1 Å². The number of nitriles is 1. The van der Waals surface area contributed by atoms with E-state index < -0.39 is 5.82 Å². The topological polar surface area (TPSA) is 35.8 Å². The number of halogens is 1. The monoisotopic (exact) mass is 240 g/mol. The number of hydrogen-bond acceptors (Lipinski definition) is 2. The van der Waals surface area contributed by atoms with Gasteiger partial charge >= 0.3 is 0 Å². The van der Waals surface area contributed by atoms with Gasteiger partial charge in [0, 0.05) is 6.04 Å². The summed E-state index contributed by atoms with van der Waals surface area (Å²) in [5.41, 5.74) is 2.08. The first-order chi connectivity index (χ1) is 8.70. The molecule has 0 fully saturated rings. The van der Waals surface area contributed by atoms with Gasteiger partial charge in [-0.2, -0.15) is 5.26 Å². The fourth-order valence-electron chi connectivity index (χ4n) is 1.79. The molecular weight excluding hydrogens is 227 g/mol. The van der Waals surface area contributed by atoms with E-state index in [1.807, 2.05) is 43.3 Å². The normalized spacial score (nSPS) is 11.6. The Hall–Kier alpha value is -2.34. The van der Waals surface area contributed by atoms with Crippen molar-refractivity contribution in [3.05, 3.63) is 65.5 Å². The molecule has 2 aromatic rings. The third kappa shape index (κ3) is 2.67. The van der Waals surface area contributed by atoms with Gasteiger partial charge in [0.1, 0.15) is 11.9 Å². The minimum atomic E-state index is -0.399. The minimum Gasteiger partial charge on any atom is -0.377 e. The van der Waals surface area contributed by atoms with E-state index in [9.17, 15) is 4.39 Å². The van der Waals surface area contributed by atoms with Crippen molar-refractivity contribution >= 4 is 5.69 Å². The van der Waals surface area contributed by atoms with E-state index in [0.29, 0.717) is 11.3 Å². The van der Waals surface area contributed by atoms with E-state index in [1.165, 1.54) is 12.1 Å². The van der Waals surface area contributed by atoms with Gasteiger partial charge in [0.25, 0.3) is 0 Å². The summed E-state index contributed by atoms with van der Waals surface area (Å²) in [6.07, 6.45) is 0. The molecule has 0 aromatic heterocycles. The zero-order valence-corrected chi connectivity index (χ0v) is 10.0. The predicted molar refractivity (Wildman–Crippen MR) is 69.6 cm³/mol. The smallest absolute Gasteiger partial charge is 0.124 e. The second-order valence-corrected chi connectivity index (χ2v) is 4.08. The zero-order chi connectivity index (χ0) is 13.0. The average Bonchev–Trinajstić information content (AvgIpc) is 2.41. The third-order valence-electron chi connectivity index (χ3n) is 2.77. The first kappa shape index (κ1) is 12.1. The van der Waals surface area contributed by atoms with E-state index in [0.717, 1.165) is 5.56 Å². The summed E-state index contributed by atoms with van der Waals surface area (Å²) in [4.78, 5) is 0. The van der Waals surface area contributed by atoms with E-state index in [2.05, 4.69) is 5.32 Å². The van der Waals surface area contributed by atoms with Gasteiger partial charge in [-0.1, -0.05) is 30.3 Å². The van der Waals surface area contributed by atoms with Crippen LogP contribution in [0.3, 0.4) is 0 Å². The third-order valence-corrected chi connectivity index (χ3v) is 2.77. The Morgan fingerprint density at radius 1 is 1.17 bits per heavy atom. The van der Waals surface area contributed by atoms with Gasteiger partial charge in [-0.3, -0.25) is 0 Å². The Bertz CT molecular complexity index is 573. The molecule has 18 heavy (non-hydrogen) atoms. The molecule has 0 saturated carbocycles. The molecular formula is C15H13FN2. The van der Waals surface area contributed by atoms with Crippen LogP contribution in [0.15, 0.2) is 48.5 Å². The summed E-state index contributed by atoms with van der Waals surface area (Å²) in [6.45, 7) is 2.00. The van der Waals surface area contributed by atoms with Crippen LogP contribution in [0.2, 0.25) is 0 Å². The summed E-state index contributed by atoms with van der Waals surface area (Å²) >= 11 is 0. The molecule has 1 unspecified atom stereocenters. The Labute approximate surface area is 106 Å². The lowest BCUT2D eigenvalue weighted by atomic mass is 10.1. The molecule has 0 saturated heterocycles. The molecule has 2 rings (SSSR count). The fraction of sp³-hybridized carbons (Fsp3) is 0.133. The standard InChI is InChI=1S/C15H13FN2/c1-11(12-5-3-2-4-6-12)18-15-8-7-14(16)9-13(15)10-17/h2-9,11,18H,1H3. The van der Waals surface area contributed by atoms with Crippen LogP contribution < -0.4 is 5.32 Å². The maximum atomic E-state index is 13.0. The minimum absolute atomic E-state index is 0.0590. The van der Waals surface area contributed by atoms with Crippen molar-refractivity contribution in [2.45, 2.75) is 13.0 Å². The highest BCUT2D eigenvalue weighted by molar-refractivity contribution is 5.58. The second-order valence-electron chi connectivity index (χ2n) is 4.08. The quantitative estimate of drug-likeness (QED) is 0.884. The maximum absolute atomic E-state index is 13.0. The number of nitrogens with zero attached hydrogens (tertiary/aromatic N) is 1. The summed E-state index contributed by atoms with van der Waals surface area (Å²) in [5.74, 6) is -0.399. The van der Waals surface area contributed by atoms with Crippen molar-refractivity contribution in [3.8, 4) is 6.07 Å². The van der Waals surface area contributed by atoms with E-state index in [1.54, 1.807) is 6.07 Å². The van der Waals surface area contributed by atoms with Crippen LogP contribution in [-0.2, 0) is 0 Å². The lowest BCUT2D eigenvalue weighted by Gasteiger charge is -2.16.